The van der Waals surface area contributed by atoms with E-state index in [0.29, 0.717) is 5.69 Å². The summed E-state index contributed by atoms with van der Waals surface area (Å²) < 4.78 is 13.4. The van der Waals surface area contributed by atoms with Crippen LogP contribution in [0.25, 0.3) is 0 Å². The molecule has 31 heavy (non-hydrogen) atoms. The van der Waals surface area contributed by atoms with Gasteiger partial charge in [0.15, 0.2) is 5.78 Å². The molecule has 4 atom stereocenters. The second-order valence-electron chi connectivity index (χ2n) is 8.19. The SMILES string of the molecule is Cc1ccc(N2C(=O)[C@@H]3[C@H](C2=O)[C@H]2C=CC=NN2[C@@H]3C(=O)c2ccc(F)cc2)c(C)c1. The molecule has 3 aliphatic heterocycles. The minimum absolute atomic E-state index is 0.278. The van der Waals surface area contributed by atoms with Gasteiger partial charge in [0.1, 0.15) is 11.9 Å². The Morgan fingerprint density at radius 3 is 2.42 bits per heavy atom. The number of aryl methyl sites for hydroxylation is 2. The Labute approximate surface area is 178 Å². The smallest absolute Gasteiger partial charge is 0.240 e. The molecular weight excluding hydrogens is 397 g/mol. The fraction of sp³-hybridized carbons (Fsp3) is 0.250. The lowest BCUT2D eigenvalue weighted by Gasteiger charge is -2.30. The standard InChI is InChI=1S/C24H20FN3O3/c1-13-5-10-17(14(2)12-13)27-23(30)19-18-4-3-11-26-28(18)21(20(19)24(27)31)22(29)15-6-8-16(25)9-7-15/h3-12,18-21H,1-2H3/t18-,19-,20-,21+/m1/s1. The van der Waals surface area contributed by atoms with Gasteiger partial charge in [-0.05, 0) is 55.8 Å². The molecule has 0 saturated carbocycles. The molecule has 2 fully saturated rings. The largest absolute Gasteiger partial charge is 0.292 e. The molecule has 2 saturated heterocycles. The number of hydrazone groups is 1. The molecule has 0 unspecified atom stereocenters. The highest BCUT2D eigenvalue weighted by molar-refractivity contribution is 6.25. The van der Waals surface area contributed by atoms with Crippen molar-refractivity contribution < 1.29 is 18.8 Å². The quantitative estimate of drug-likeness (QED) is 0.569. The zero-order valence-corrected chi connectivity index (χ0v) is 17.0. The van der Waals surface area contributed by atoms with Crippen molar-refractivity contribution in [3.05, 3.63) is 77.1 Å². The highest BCUT2D eigenvalue weighted by Crippen LogP contribution is 2.46. The van der Waals surface area contributed by atoms with E-state index in [1.54, 1.807) is 29.4 Å². The number of fused-ring (bicyclic) bond motifs is 3. The van der Waals surface area contributed by atoms with Crippen molar-refractivity contribution in [2.45, 2.75) is 25.9 Å². The average molecular weight is 417 g/mol. The zero-order chi connectivity index (χ0) is 21.9. The minimum atomic E-state index is -0.936. The second kappa shape index (κ2) is 6.97. The van der Waals surface area contributed by atoms with Gasteiger partial charge in [0.05, 0.1) is 23.6 Å². The topological polar surface area (TPSA) is 70.1 Å². The molecule has 0 radical (unpaired) electrons. The number of nitrogens with zero attached hydrogens (tertiary/aromatic N) is 3. The normalized spacial score (nSPS) is 26.4. The molecule has 0 aromatic heterocycles. The Kier molecular flexibility index (Phi) is 4.36. The highest BCUT2D eigenvalue weighted by Gasteiger charge is 2.64. The van der Waals surface area contributed by atoms with E-state index in [9.17, 15) is 18.8 Å². The van der Waals surface area contributed by atoms with Crippen molar-refractivity contribution >= 4 is 29.5 Å². The molecule has 5 rings (SSSR count). The van der Waals surface area contributed by atoms with Crippen LogP contribution in [0, 0.1) is 31.5 Å². The third-order valence-corrected chi connectivity index (χ3v) is 6.28. The van der Waals surface area contributed by atoms with Gasteiger partial charge in [-0.25, -0.2) is 9.29 Å². The second-order valence-corrected chi connectivity index (χ2v) is 8.19. The van der Waals surface area contributed by atoms with E-state index in [2.05, 4.69) is 5.10 Å². The minimum Gasteiger partial charge on any atom is -0.292 e. The number of imide groups is 1. The number of benzene rings is 2. The number of amides is 2. The fourth-order valence-corrected chi connectivity index (χ4v) is 4.92. The van der Waals surface area contributed by atoms with Crippen molar-refractivity contribution in [2.75, 3.05) is 4.90 Å². The zero-order valence-electron chi connectivity index (χ0n) is 17.0. The summed E-state index contributed by atoms with van der Waals surface area (Å²) in [4.78, 5) is 41.7. The number of allylic oxidation sites excluding steroid dienone is 1. The summed E-state index contributed by atoms with van der Waals surface area (Å²) in [5, 5.41) is 5.87. The summed E-state index contributed by atoms with van der Waals surface area (Å²) >= 11 is 0. The maximum atomic E-state index is 13.6. The maximum Gasteiger partial charge on any atom is 0.240 e. The Hall–Kier alpha value is -3.61. The van der Waals surface area contributed by atoms with Crippen LogP contribution in [0.15, 0.2) is 59.7 Å². The van der Waals surface area contributed by atoms with Crippen molar-refractivity contribution in [2.24, 2.45) is 16.9 Å². The molecule has 3 heterocycles. The Morgan fingerprint density at radius 1 is 1.00 bits per heavy atom. The first kappa shape index (κ1) is 19.4. The van der Waals surface area contributed by atoms with Gasteiger partial charge in [0.2, 0.25) is 11.8 Å². The molecule has 156 valence electrons. The van der Waals surface area contributed by atoms with Gasteiger partial charge in [-0.2, -0.15) is 5.10 Å². The molecule has 6 nitrogen and oxygen atoms in total. The van der Waals surface area contributed by atoms with Crippen LogP contribution in [0.3, 0.4) is 0 Å². The predicted octanol–water partition coefficient (Wildman–Crippen LogP) is 3.04. The summed E-state index contributed by atoms with van der Waals surface area (Å²) in [5.74, 6) is -3.11. The first-order valence-electron chi connectivity index (χ1n) is 10.1. The number of Topliss-reactive ketones (excluding diaryl/α,β-unsaturated/α-hetero) is 1. The summed E-state index contributed by atoms with van der Waals surface area (Å²) in [7, 11) is 0. The maximum absolute atomic E-state index is 13.6. The van der Waals surface area contributed by atoms with E-state index in [1.165, 1.54) is 29.2 Å². The van der Waals surface area contributed by atoms with Gasteiger partial charge in [0.25, 0.3) is 0 Å². The molecule has 0 N–H and O–H groups in total. The summed E-state index contributed by atoms with van der Waals surface area (Å²) in [6, 6.07) is 9.33. The Bertz CT molecular complexity index is 1170. The molecular formula is C24H20FN3O3. The van der Waals surface area contributed by atoms with E-state index >= 15 is 0 Å². The lowest BCUT2D eigenvalue weighted by molar-refractivity contribution is -0.123. The molecule has 3 aliphatic rings. The highest BCUT2D eigenvalue weighted by atomic mass is 19.1. The number of anilines is 1. The third-order valence-electron chi connectivity index (χ3n) is 6.28. The average Bonchev–Trinajstić information content (AvgIpc) is 3.22. The van der Waals surface area contributed by atoms with Crippen molar-refractivity contribution in [1.82, 2.24) is 5.01 Å². The first-order chi connectivity index (χ1) is 14.9. The van der Waals surface area contributed by atoms with E-state index in [1.807, 2.05) is 26.0 Å². The van der Waals surface area contributed by atoms with Crippen LogP contribution >= 0.6 is 0 Å². The summed E-state index contributed by atoms with van der Waals surface area (Å²) in [5.41, 5.74) is 2.66. The van der Waals surface area contributed by atoms with Gasteiger partial charge in [-0.3, -0.25) is 19.4 Å². The summed E-state index contributed by atoms with van der Waals surface area (Å²) in [6.07, 6.45) is 5.07. The van der Waals surface area contributed by atoms with Crippen molar-refractivity contribution in [3.63, 3.8) is 0 Å². The van der Waals surface area contributed by atoms with Crippen LogP contribution in [-0.2, 0) is 9.59 Å². The number of hydrogen-bond acceptors (Lipinski definition) is 5. The molecule has 2 amide bonds. The molecule has 0 spiro atoms. The lowest BCUT2D eigenvalue weighted by Crippen LogP contribution is -2.46. The first-order valence-corrected chi connectivity index (χ1v) is 10.1. The van der Waals surface area contributed by atoms with Gasteiger partial charge in [-0.1, -0.05) is 23.8 Å². The molecule has 2 aromatic carbocycles. The van der Waals surface area contributed by atoms with E-state index in [4.69, 9.17) is 0 Å². The van der Waals surface area contributed by atoms with Crippen molar-refractivity contribution in [1.29, 1.82) is 0 Å². The van der Waals surface area contributed by atoms with Crippen LogP contribution in [0.5, 0.6) is 0 Å². The number of rotatable bonds is 3. The number of hydrogen-bond donors (Lipinski definition) is 0. The van der Waals surface area contributed by atoms with Crippen LogP contribution in [-0.4, -0.2) is 40.9 Å². The monoisotopic (exact) mass is 417 g/mol. The summed E-state index contributed by atoms with van der Waals surface area (Å²) in [6.45, 7) is 3.80. The Morgan fingerprint density at radius 2 is 1.71 bits per heavy atom. The van der Waals surface area contributed by atoms with Gasteiger partial charge < -0.3 is 0 Å². The van der Waals surface area contributed by atoms with Gasteiger partial charge >= 0.3 is 0 Å². The van der Waals surface area contributed by atoms with E-state index in [0.717, 1.165) is 11.1 Å². The van der Waals surface area contributed by atoms with Crippen molar-refractivity contribution in [3.8, 4) is 0 Å². The molecule has 2 aromatic rings. The number of halogens is 1. The number of carbonyl (C=O) groups is 3. The van der Waals surface area contributed by atoms with Crippen LogP contribution in [0.2, 0.25) is 0 Å². The van der Waals surface area contributed by atoms with E-state index < -0.39 is 35.6 Å². The molecule has 7 heteroatoms. The lowest BCUT2D eigenvalue weighted by atomic mass is 9.86. The predicted molar refractivity (Wildman–Crippen MR) is 113 cm³/mol. The number of ketones is 1. The molecule has 0 aliphatic carbocycles. The van der Waals surface area contributed by atoms with Crippen LogP contribution < -0.4 is 4.90 Å². The van der Waals surface area contributed by atoms with Gasteiger partial charge in [-0.15, -0.1) is 0 Å². The van der Waals surface area contributed by atoms with E-state index in [-0.39, 0.29) is 17.3 Å². The Balaban J connectivity index is 1.59. The third kappa shape index (κ3) is 2.84. The van der Waals surface area contributed by atoms with Gasteiger partial charge in [0, 0.05) is 11.8 Å². The fourth-order valence-electron chi connectivity index (χ4n) is 4.92. The number of carbonyl (C=O) groups excluding carboxylic acids is 3. The van der Waals surface area contributed by atoms with Crippen LogP contribution in [0.4, 0.5) is 10.1 Å². The van der Waals surface area contributed by atoms with Crippen LogP contribution in [0.1, 0.15) is 21.5 Å². The molecule has 0 bridgehead atoms.